The maximum atomic E-state index is 12.3. The number of aromatic nitrogens is 2. The third-order valence-corrected chi connectivity index (χ3v) is 4.99. The van der Waals surface area contributed by atoms with Crippen molar-refractivity contribution in [1.29, 1.82) is 0 Å². The summed E-state index contributed by atoms with van der Waals surface area (Å²) in [5.41, 5.74) is 2.03. The minimum absolute atomic E-state index is 0.0570. The highest BCUT2D eigenvalue weighted by atomic mass is 32.2. The molecule has 1 atom stereocenters. The lowest BCUT2D eigenvalue weighted by Crippen LogP contribution is -2.35. The molecule has 9 heteroatoms. The average molecular weight is 323 g/mol. The Bertz CT molecular complexity index is 671. The SMILES string of the molecule is CN1C(=O)C(CC(=O)Nc2c3c(nn2C)CSC3)N(C)C1=O. The van der Waals surface area contributed by atoms with Gasteiger partial charge >= 0.3 is 6.03 Å². The van der Waals surface area contributed by atoms with Crippen LogP contribution in [0.2, 0.25) is 0 Å². The molecule has 3 heterocycles. The summed E-state index contributed by atoms with van der Waals surface area (Å²) in [6, 6.07) is -1.13. The van der Waals surface area contributed by atoms with Crippen LogP contribution in [0.4, 0.5) is 10.6 Å². The van der Waals surface area contributed by atoms with E-state index in [2.05, 4.69) is 10.4 Å². The Morgan fingerprint density at radius 3 is 2.68 bits per heavy atom. The van der Waals surface area contributed by atoms with Crippen LogP contribution >= 0.6 is 11.8 Å². The number of imide groups is 1. The van der Waals surface area contributed by atoms with E-state index in [9.17, 15) is 14.4 Å². The van der Waals surface area contributed by atoms with Crippen LogP contribution in [0.1, 0.15) is 17.7 Å². The second kappa shape index (κ2) is 5.31. The number of fused-ring (bicyclic) bond motifs is 1. The van der Waals surface area contributed by atoms with Gasteiger partial charge in [0.05, 0.1) is 12.1 Å². The second-order valence-electron chi connectivity index (χ2n) is 5.45. The quantitative estimate of drug-likeness (QED) is 0.813. The van der Waals surface area contributed by atoms with Crippen molar-refractivity contribution in [2.75, 3.05) is 19.4 Å². The molecular formula is C13H17N5O3S. The summed E-state index contributed by atoms with van der Waals surface area (Å²) in [4.78, 5) is 38.3. The molecule has 3 rings (SSSR count). The number of aryl methyl sites for hydroxylation is 1. The zero-order valence-corrected chi connectivity index (χ0v) is 13.4. The zero-order valence-electron chi connectivity index (χ0n) is 12.6. The first-order chi connectivity index (χ1) is 10.4. The second-order valence-corrected chi connectivity index (χ2v) is 6.43. The summed E-state index contributed by atoms with van der Waals surface area (Å²) in [5, 5.41) is 7.20. The van der Waals surface area contributed by atoms with Crippen molar-refractivity contribution in [2.24, 2.45) is 7.05 Å². The lowest BCUT2D eigenvalue weighted by Gasteiger charge is -2.16. The zero-order chi connectivity index (χ0) is 16.0. The van der Waals surface area contributed by atoms with Crippen LogP contribution in [0.25, 0.3) is 0 Å². The number of likely N-dealkylation sites (N-methyl/N-ethyl adjacent to an activating group) is 2. The molecule has 8 nitrogen and oxygen atoms in total. The predicted octanol–water partition coefficient (Wildman–Crippen LogP) is 0.388. The van der Waals surface area contributed by atoms with Crippen molar-refractivity contribution in [3.63, 3.8) is 0 Å². The number of hydrogen-bond donors (Lipinski definition) is 1. The normalized spacial score (nSPS) is 20.8. The number of amides is 4. The van der Waals surface area contributed by atoms with E-state index in [1.165, 1.54) is 19.0 Å². The first kappa shape index (κ1) is 14.9. The molecule has 1 N–H and O–H groups in total. The van der Waals surface area contributed by atoms with E-state index in [0.29, 0.717) is 5.82 Å². The van der Waals surface area contributed by atoms with Gasteiger partial charge in [-0.3, -0.25) is 19.2 Å². The number of carbonyl (C=O) groups is 3. The number of hydrogen-bond acceptors (Lipinski definition) is 5. The van der Waals surface area contributed by atoms with E-state index in [4.69, 9.17) is 0 Å². The number of nitrogens with one attached hydrogen (secondary N) is 1. The highest BCUT2D eigenvalue weighted by Crippen LogP contribution is 2.34. The van der Waals surface area contributed by atoms with E-state index < -0.39 is 6.04 Å². The van der Waals surface area contributed by atoms with Gasteiger partial charge in [0.1, 0.15) is 11.9 Å². The predicted molar refractivity (Wildman–Crippen MR) is 81.2 cm³/mol. The number of nitrogens with zero attached hydrogens (tertiary/aromatic N) is 4. The minimum atomic E-state index is -0.742. The van der Waals surface area contributed by atoms with Gasteiger partial charge in [-0.25, -0.2) is 4.79 Å². The first-order valence-electron chi connectivity index (χ1n) is 6.87. The molecule has 22 heavy (non-hydrogen) atoms. The van der Waals surface area contributed by atoms with Crippen LogP contribution in [-0.4, -0.2) is 57.6 Å². The fraction of sp³-hybridized carbons (Fsp3) is 0.538. The molecule has 1 saturated heterocycles. The van der Waals surface area contributed by atoms with Gasteiger partial charge in [-0.2, -0.15) is 16.9 Å². The molecule has 0 spiro atoms. The van der Waals surface area contributed by atoms with Crippen LogP contribution < -0.4 is 5.32 Å². The first-order valence-corrected chi connectivity index (χ1v) is 8.02. The van der Waals surface area contributed by atoms with Crippen LogP contribution in [0, 0.1) is 0 Å². The fourth-order valence-corrected chi connectivity index (χ4v) is 3.77. The summed E-state index contributed by atoms with van der Waals surface area (Å²) in [6.07, 6.45) is -0.0570. The summed E-state index contributed by atoms with van der Waals surface area (Å²) >= 11 is 1.75. The van der Waals surface area contributed by atoms with Crippen molar-refractivity contribution in [3.05, 3.63) is 11.3 Å². The highest BCUT2D eigenvalue weighted by molar-refractivity contribution is 7.98. The van der Waals surface area contributed by atoms with Crippen molar-refractivity contribution in [2.45, 2.75) is 24.0 Å². The van der Waals surface area contributed by atoms with Crippen molar-refractivity contribution in [3.8, 4) is 0 Å². The summed E-state index contributed by atoms with van der Waals surface area (Å²) in [5.74, 6) is 1.70. The molecule has 4 amide bonds. The van der Waals surface area contributed by atoms with E-state index in [-0.39, 0.29) is 24.3 Å². The van der Waals surface area contributed by atoms with Crippen LogP contribution in [0.15, 0.2) is 0 Å². The lowest BCUT2D eigenvalue weighted by molar-refractivity contribution is -0.129. The molecular weight excluding hydrogens is 306 g/mol. The largest absolute Gasteiger partial charge is 0.326 e. The lowest BCUT2D eigenvalue weighted by atomic mass is 10.2. The third kappa shape index (κ3) is 2.25. The smallest absolute Gasteiger partial charge is 0.315 e. The van der Waals surface area contributed by atoms with Gasteiger partial charge in [0.15, 0.2) is 0 Å². The highest BCUT2D eigenvalue weighted by Gasteiger charge is 2.41. The van der Waals surface area contributed by atoms with E-state index in [0.717, 1.165) is 27.7 Å². The Morgan fingerprint density at radius 1 is 1.32 bits per heavy atom. The number of thioether (sulfide) groups is 1. The number of urea groups is 1. The van der Waals surface area contributed by atoms with Gasteiger partial charge in [0, 0.05) is 38.2 Å². The Balaban J connectivity index is 1.71. The topological polar surface area (TPSA) is 87.5 Å². The Hall–Kier alpha value is -2.03. The van der Waals surface area contributed by atoms with Gasteiger partial charge < -0.3 is 10.2 Å². The third-order valence-electron chi connectivity index (χ3n) is 4.02. The van der Waals surface area contributed by atoms with Crippen LogP contribution in [0.5, 0.6) is 0 Å². The molecule has 1 aromatic rings. The minimum Gasteiger partial charge on any atom is -0.315 e. The molecule has 0 aliphatic carbocycles. The van der Waals surface area contributed by atoms with Gasteiger partial charge in [-0.1, -0.05) is 0 Å². The van der Waals surface area contributed by atoms with Crippen molar-refractivity contribution < 1.29 is 14.4 Å². The van der Waals surface area contributed by atoms with Gasteiger partial charge in [0.2, 0.25) is 5.91 Å². The summed E-state index contributed by atoms with van der Waals surface area (Å²) in [6.45, 7) is 0. The summed E-state index contributed by atoms with van der Waals surface area (Å²) in [7, 11) is 4.73. The van der Waals surface area contributed by atoms with Crippen LogP contribution in [-0.2, 0) is 28.1 Å². The molecule has 1 aromatic heterocycles. The van der Waals surface area contributed by atoms with Crippen molar-refractivity contribution >= 4 is 35.4 Å². The Morgan fingerprint density at radius 2 is 2.05 bits per heavy atom. The van der Waals surface area contributed by atoms with Gasteiger partial charge in [-0.15, -0.1) is 0 Å². The van der Waals surface area contributed by atoms with E-state index in [1.807, 2.05) is 0 Å². The molecule has 0 saturated carbocycles. The Labute approximate surface area is 131 Å². The molecule has 1 fully saturated rings. The number of anilines is 1. The molecule has 2 aliphatic heterocycles. The average Bonchev–Trinajstić information content (AvgIpc) is 3.08. The van der Waals surface area contributed by atoms with E-state index in [1.54, 1.807) is 23.5 Å². The maximum absolute atomic E-state index is 12.3. The van der Waals surface area contributed by atoms with Gasteiger partial charge in [-0.05, 0) is 0 Å². The van der Waals surface area contributed by atoms with Crippen molar-refractivity contribution in [1.82, 2.24) is 19.6 Å². The fourth-order valence-electron chi connectivity index (χ4n) is 2.73. The van der Waals surface area contributed by atoms with E-state index >= 15 is 0 Å². The maximum Gasteiger partial charge on any atom is 0.326 e. The molecule has 0 aromatic carbocycles. The monoisotopic (exact) mass is 323 g/mol. The molecule has 0 radical (unpaired) electrons. The summed E-state index contributed by atoms with van der Waals surface area (Å²) < 4.78 is 1.65. The van der Waals surface area contributed by atoms with Gasteiger partial charge in [0.25, 0.3) is 5.91 Å². The number of carbonyl (C=O) groups excluding carboxylic acids is 3. The Kier molecular flexibility index (Phi) is 3.59. The molecule has 118 valence electrons. The molecule has 0 bridgehead atoms. The molecule has 2 aliphatic rings. The molecule has 1 unspecified atom stereocenters. The van der Waals surface area contributed by atoms with Crippen LogP contribution in [0.3, 0.4) is 0 Å². The standard InChI is InChI=1S/C13H17N5O3S/c1-16-9(12(20)17(2)13(16)21)4-10(19)14-11-7-5-22-6-8(7)15-18(11)3/h9H,4-6H2,1-3H3,(H,14,19). The number of rotatable bonds is 3.